The second-order valence-corrected chi connectivity index (χ2v) is 7.37. The molecular weight excluding hydrogens is 264 g/mol. The van der Waals surface area contributed by atoms with E-state index in [1.54, 1.807) is 7.11 Å². The van der Waals surface area contributed by atoms with Crippen LogP contribution in [0, 0.1) is 10.8 Å². The number of hydrogen-bond donors (Lipinski definition) is 0. The standard InChI is InChI=1S/C18H26O3/c1-17(2,3)18(4,5)16(19)21-15-10-7-12-11-13(20-6)8-9-14(12)15/h8-9,11,15H,7,10H2,1-6H3. The second-order valence-electron chi connectivity index (χ2n) is 7.37. The fourth-order valence-electron chi connectivity index (χ4n) is 2.39. The van der Waals surface area contributed by atoms with E-state index in [4.69, 9.17) is 9.47 Å². The van der Waals surface area contributed by atoms with E-state index in [0.717, 1.165) is 24.2 Å². The molecule has 1 aromatic rings. The first kappa shape index (κ1) is 15.9. The van der Waals surface area contributed by atoms with Crippen molar-refractivity contribution in [2.45, 2.75) is 53.6 Å². The van der Waals surface area contributed by atoms with Gasteiger partial charge in [-0.2, -0.15) is 0 Å². The fraction of sp³-hybridized carbons (Fsp3) is 0.611. The fourth-order valence-corrected chi connectivity index (χ4v) is 2.39. The summed E-state index contributed by atoms with van der Waals surface area (Å²) in [6, 6.07) is 5.99. The van der Waals surface area contributed by atoms with Gasteiger partial charge in [-0.05, 0) is 55.4 Å². The zero-order valence-corrected chi connectivity index (χ0v) is 13.9. The van der Waals surface area contributed by atoms with Crippen LogP contribution >= 0.6 is 0 Å². The molecule has 0 saturated heterocycles. The first-order valence-electron chi connectivity index (χ1n) is 7.54. The summed E-state index contributed by atoms with van der Waals surface area (Å²) in [7, 11) is 1.67. The summed E-state index contributed by atoms with van der Waals surface area (Å²) >= 11 is 0. The maximum Gasteiger partial charge on any atom is 0.312 e. The Bertz CT molecular complexity index is 538. The van der Waals surface area contributed by atoms with Gasteiger partial charge < -0.3 is 9.47 Å². The van der Waals surface area contributed by atoms with E-state index in [1.807, 2.05) is 32.0 Å². The highest BCUT2D eigenvalue weighted by atomic mass is 16.5. The van der Waals surface area contributed by atoms with Crippen LogP contribution in [0.3, 0.4) is 0 Å². The Kier molecular flexibility index (Phi) is 4.05. The highest BCUT2D eigenvalue weighted by Crippen LogP contribution is 2.42. The lowest BCUT2D eigenvalue weighted by molar-refractivity contribution is -0.166. The second kappa shape index (κ2) is 5.36. The molecule has 3 heteroatoms. The molecule has 1 aromatic carbocycles. The smallest absolute Gasteiger partial charge is 0.312 e. The molecule has 0 spiro atoms. The molecule has 0 saturated carbocycles. The molecule has 0 heterocycles. The Balaban J connectivity index is 2.16. The zero-order valence-electron chi connectivity index (χ0n) is 13.9. The number of rotatable bonds is 3. The average Bonchev–Trinajstić information content (AvgIpc) is 2.79. The van der Waals surface area contributed by atoms with Crippen LogP contribution < -0.4 is 4.74 Å². The van der Waals surface area contributed by atoms with Gasteiger partial charge in [0, 0.05) is 0 Å². The van der Waals surface area contributed by atoms with Gasteiger partial charge >= 0.3 is 5.97 Å². The Morgan fingerprint density at radius 3 is 2.43 bits per heavy atom. The maximum absolute atomic E-state index is 12.6. The van der Waals surface area contributed by atoms with Crippen molar-refractivity contribution < 1.29 is 14.3 Å². The van der Waals surface area contributed by atoms with Crippen molar-refractivity contribution in [2.75, 3.05) is 7.11 Å². The largest absolute Gasteiger partial charge is 0.497 e. The lowest BCUT2D eigenvalue weighted by Gasteiger charge is -2.37. The predicted octanol–water partition coefficient (Wildman–Crippen LogP) is 4.30. The molecule has 1 aliphatic rings. The molecule has 0 amide bonds. The predicted molar refractivity (Wildman–Crippen MR) is 83.4 cm³/mol. The number of esters is 1. The number of carbonyl (C=O) groups excluding carboxylic acids is 1. The van der Waals surface area contributed by atoms with E-state index in [2.05, 4.69) is 20.8 Å². The third-order valence-electron chi connectivity index (χ3n) is 5.01. The molecule has 2 rings (SSSR count). The van der Waals surface area contributed by atoms with Crippen molar-refractivity contribution in [3.8, 4) is 5.75 Å². The Morgan fingerprint density at radius 2 is 1.86 bits per heavy atom. The van der Waals surface area contributed by atoms with Crippen LogP contribution in [0.1, 0.15) is 58.3 Å². The number of fused-ring (bicyclic) bond motifs is 1. The van der Waals surface area contributed by atoms with Crippen molar-refractivity contribution in [1.82, 2.24) is 0 Å². The number of ether oxygens (including phenoxy) is 2. The molecule has 116 valence electrons. The van der Waals surface area contributed by atoms with Gasteiger partial charge in [0.25, 0.3) is 0 Å². The Hall–Kier alpha value is -1.51. The van der Waals surface area contributed by atoms with Crippen LogP contribution in [0.15, 0.2) is 18.2 Å². The maximum atomic E-state index is 12.6. The molecule has 21 heavy (non-hydrogen) atoms. The number of aryl methyl sites for hydroxylation is 1. The van der Waals surface area contributed by atoms with E-state index in [1.165, 1.54) is 5.56 Å². The number of hydrogen-bond acceptors (Lipinski definition) is 3. The SMILES string of the molecule is COc1ccc2c(c1)CCC2OC(=O)C(C)(C)C(C)(C)C. The number of methoxy groups -OCH3 is 1. The minimum Gasteiger partial charge on any atom is -0.497 e. The van der Waals surface area contributed by atoms with Crippen molar-refractivity contribution in [1.29, 1.82) is 0 Å². The summed E-state index contributed by atoms with van der Waals surface area (Å²) in [5.74, 6) is 0.736. The van der Waals surface area contributed by atoms with Gasteiger partial charge in [0.2, 0.25) is 0 Å². The lowest BCUT2D eigenvalue weighted by atomic mass is 9.69. The van der Waals surface area contributed by atoms with E-state index in [0.29, 0.717) is 0 Å². The molecule has 0 N–H and O–H groups in total. The lowest BCUT2D eigenvalue weighted by Crippen LogP contribution is -2.39. The van der Waals surface area contributed by atoms with Crippen LogP contribution in [0.25, 0.3) is 0 Å². The van der Waals surface area contributed by atoms with Crippen molar-refractivity contribution >= 4 is 5.97 Å². The summed E-state index contributed by atoms with van der Waals surface area (Å²) in [6.45, 7) is 10.1. The summed E-state index contributed by atoms with van der Waals surface area (Å²) in [6.07, 6.45) is 1.66. The molecule has 0 aromatic heterocycles. The molecule has 1 aliphatic carbocycles. The van der Waals surface area contributed by atoms with Gasteiger partial charge in [-0.3, -0.25) is 4.79 Å². The van der Waals surface area contributed by atoms with Gasteiger partial charge in [-0.1, -0.05) is 26.8 Å². The molecular formula is C18H26O3. The highest BCUT2D eigenvalue weighted by molar-refractivity contribution is 5.77. The topological polar surface area (TPSA) is 35.5 Å². The first-order chi connectivity index (χ1) is 9.66. The van der Waals surface area contributed by atoms with E-state index in [9.17, 15) is 4.79 Å². The summed E-state index contributed by atoms with van der Waals surface area (Å²) in [4.78, 5) is 12.6. The molecule has 3 nitrogen and oxygen atoms in total. The summed E-state index contributed by atoms with van der Waals surface area (Å²) in [5.41, 5.74) is 1.70. The number of carbonyl (C=O) groups is 1. The van der Waals surface area contributed by atoms with E-state index >= 15 is 0 Å². The molecule has 0 aliphatic heterocycles. The Morgan fingerprint density at radius 1 is 1.19 bits per heavy atom. The van der Waals surface area contributed by atoms with Crippen LogP contribution in [0.2, 0.25) is 0 Å². The quantitative estimate of drug-likeness (QED) is 0.779. The van der Waals surface area contributed by atoms with Gasteiger partial charge in [0.15, 0.2) is 0 Å². The van der Waals surface area contributed by atoms with Crippen LogP contribution in [-0.4, -0.2) is 13.1 Å². The average molecular weight is 290 g/mol. The molecule has 0 fully saturated rings. The Labute approximate surface area is 127 Å². The third kappa shape index (κ3) is 2.92. The molecule has 0 bridgehead atoms. The van der Waals surface area contributed by atoms with Gasteiger partial charge in [0.1, 0.15) is 11.9 Å². The van der Waals surface area contributed by atoms with Crippen LogP contribution in [0.4, 0.5) is 0 Å². The summed E-state index contributed by atoms with van der Waals surface area (Å²) < 4.78 is 11.1. The normalized spacial score (nSPS) is 18.3. The van der Waals surface area contributed by atoms with Gasteiger partial charge in [-0.25, -0.2) is 0 Å². The van der Waals surface area contributed by atoms with Crippen molar-refractivity contribution in [2.24, 2.45) is 10.8 Å². The molecule has 1 atom stereocenters. The van der Waals surface area contributed by atoms with Crippen LogP contribution in [-0.2, 0) is 16.0 Å². The highest BCUT2D eigenvalue weighted by Gasteiger charge is 2.42. The minimum absolute atomic E-state index is 0.122. The number of benzene rings is 1. The zero-order chi connectivity index (χ0) is 15.8. The minimum atomic E-state index is -0.512. The molecule has 0 radical (unpaired) electrons. The van der Waals surface area contributed by atoms with Gasteiger partial charge in [0.05, 0.1) is 12.5 Å². The van der Waals surface area contributed by atoms with Crippen molar-refractivity contribution in [3.63, 3.8) is 0 Å². The van der Waals surface area contributed by atoms with Crippen molar-refractivity contribution in [3.05, 3.63) is 29.3 Å². The van der Waals surface area contributed by atoms with E-state index < -0.39 is 5.41 Å². The third-order valence-corrected chi connectivity index (χ3v) is 5.01. The van der Waals surface area contributed by atoms with E-state index in [-0.39, 0.29) is 17.5 Å². The van der Waals surface area contributed by atoms with Gasteiger partial charge in [-0.15, -0.1) is 0 Å². The monoisotopic (exact) mass is 290 g/mol. The molecule has 1 unspecified atom stereocenters. The first-order valence-corrected chi connectivity index (χ1v) is 7.54. The summed E-state index contributed by atoms with van der Waals surface area (Å²) in [5, 5.41) is 0. The van der Waals surface area contributed by atoms with Crippen LogP contribution in [0.5, 0.6) is 5.75 Å².